The van der Waals surface area contributed by atoms with Gasteiger partial charge in [-0.25, -0.2) is 9.97 Å². The van der Waals surface area contributed by atoms with E-state index in [4.69, 9.17) is 0 Å². The third-order valence-electron chi connectivity index (χ3n) is 1.78. The van der Waals surface area contributed by atoms with Crippen LogP contribution in [-0.4, -0.2) is 36.1 Å². The molecule has 0 unspecified atom stereocenters. The molecule has 84 valence electrons. The van der Waals surface area contributed by atoms with Gasteiger partial charge in [0.15, 0.2) is 0 Å². The van der Waals surface area contributed by atoms with E-state index in [1.807, 2.05) is 13.1 Å². The first-order chi connectivity index (χ1) is 7.22. The van der Waals surface area contributed by atoms with Crippen molar-refractivity contribution in [3.8, 4) is 0 Å². The molecule has 1 rings (SSSR count). The van der Waals surface area contributed by atoms with E-state index in [1.54, 1.807) is 6.33 Å². The van der Waals surface area contributed by atoms with E-state index >= 15 is 0 Å². The second-order valence-electron chi connectivity index (χ2n) is 3.62. The van der Waals surface area contributed by atoms with Gasteiger partial charge in [0.1, 0.15) is 18.0 Å². The highest BCUT2D eigenvalue weighted by atomic mass is 15.1. The van der Waals surface area contributed by atoms with Gasteiger partial charge in [-0.05, 0) is 20.9 Å². The minimum Gasteiger partial charge on any atom is -0.369 e. The molecule has 15 heavy (non-hydrogen) atoms. The van der Waals surface area contributed by atoms with Crippen molar-refractivity contribution < 1.29 is 0 Å². The van der Waals surface area contributed by atoms with Gasteiger partial charge in [0.2, 0.25) is 0 Å². The summed E-state index contributed by atoms with van der Waals surface area (Å²) in [6.45, 7) is 5.93. The third-order valence-corrected chi connectivity index (χ3v) is 1.78. The van der Waals surface area contributed by atoms with Crippen molar-refractivity contribution in [2.24, 2.45) is 0 Å². The summed E-state index contributed by atoms with van der Waals surface area (Å²) in [7, 11) is 1.92. The predicted octanol–water partition coefficient (Wildman–Crippen LogP) is 0.928. The summed E-state index contributed by atoms with van der Waals surface area (Å²) in [5, 5.41) is 9.50. The molecule has 0 spiro atoms. The van der Waals surface area contributed by atoms with Crippen LogP contribution in [0.15, 0.2) is 12.4 Å². The predicted molar refractivity (Wildman–Crippen MR) is 63.2 cm³/mol. The summed E-state index contributed by atoms with van der Waals surface area (Å²) in [6.07, 6.45) is 1.56. The van der Waals surface area contributed by atoms with Crippen molar-refractivity contribution in [2.45, 2.75) is 19.9 Å². The van der Waals surface area contributed by atoms with Gasteiger partial charge in [-0.15, -0.1) is 0 Å². The van der Waals surface area contributed by atoms with Crippen LogP contribution in [0.3, 0.4) is 0 Å². The minimum atomic E-state index is 0.380. The lowest BCUT2D eigenvalue weighted by molar-refractivity contribution is 0.820. The van der Waals surface area contributed by atoms with Crippen LogP contribution in [0.25, 0.3) is 0 Å². The van der Waals surface area contributed by atoms with Crippen LogP contribution in [0.2, 0.25) is 0 Å². The highest BCUT2D eigenvalue weighted by Gasteiger charge is 1.99. The molecule has 1 aromatic rings. The molecule has 0 saturated heterocycles. The van der Waals surface area contributed by atoms with Crippen LogP contribution in [0.1, 0.15) is 13.8 Å². The quantitative estimate of drug-likeness (QED) is 0.608. The molecule has 0 aliphatic carbocycles. The van der Waals surface area contributed by atoms with Crippen molar-refractivity contribution in [3.05, 3.63) is 12.4 Å². The van der Waals surface area contributed by atoms with Crippen molar-refractivity contribution >= 4 is 11.6 Å². The highest BCUT2D eigenvalue weighted by Crippen LogP contribution is 2.08. The number of hydrogen-bond acceptors (Lipinski definition) is 5. The molecular formula is C10H19N5. The summed E-state index contributed by atoms with van der Waals surface area (Å²) < 4.78 is 0. The van der Waals surface area contributed by atoms with E-state index in [1.165, 1.54) is 0 Å². The molecule has 5 heteroatoms. The Morgan fingerprint density at radius 2 is 1.93 bits per heavy atom. The van der Waals surface area contributed by atoms with E-state index in [0.717, 1.165) is 24.7 Å². The Morgan fingerprint density at radius 1 is 1.20 bits per heavy atom. The Kier molecular flexibility index (Phi) is 4.83. The highest BCUT2D eigenvalue weighted by molar-refractivity contribution is 5.46. The van der Waals surface area contributed by atoms with Crippen molar-refractivity contribution in [3.63, 3.8) is 0 Å². The normalized spacial score (nSPS) is 10.4. The standard InChI is InChI=1S/C10H19N5/c1-8(2)15-10-6-9(13-7-14-10)12-5-4-11-3/h6-8,11H,4-5H2,1-3H3,(H2,12,13,14,15). The van der Waals surface area contributed by atoms with Gasteiger partial charge in [-0.2, -0.15) is 0 Å². The maximum atomic E-state index is 4.13. The zero-order chi connectivity index (χ0) is 11.1. The average molecular weight is 209 g/mol. The van der Waals surface area contributed by atoms with E-state index in [0.29, 0.717) is 6.04 Å². The van der Waals surface area contributed by atoms with Gasteiger partial charge in [0.05, 0.1) is 0 Å². The monoisotopic (exact) mass is 209 g/mol. The Morgan fingerprint density at radius 3 is 2.60 bits per heavy atom. The number of likely N-dealkylation sites (N-methyl/N-ethyl adjacent to an activating group) is 1. The lowest BCUT2D eigenvalue weighted by atomic mass is 10.4. The molecule has 0 aromatic carbocycles. The van der Waals surface area contributed by atoms with Crippen LogP contribution < -0.4 is 16.0 Å². The molecule has 0 radical (unpaired) electrons. The van der Waals surface area contributed by atoms with E-state index in [2.05, 4.69) is 39.8 Å². The number of anilines is 2. The van der Waals surface area contributed by atoms with Gasteiger partial charge in [-0.3, -0.25) is 0 Å². The molecule has 0 saturated carbocycles. The van der Waals surface area contributed by atoms with E-state index < -0.39 is 0 Å². The first-order valence-corrected chi connectivity index (χ1v) is 5.19. The molecule has 1 heterocycles. The zero-order valence-corrected chi connectivity index (χ0v) is 9.54. The molecule has 0 atom stereocenters. The summed E-state index contributed by atoms with van der Waals surface area (Å²) in [5.41, 5.74) is 0. The number of aromatic nitrogens is 2. The lowest BCUT2D eigenvalue weighted by Gasteiger charge is -2.10. The second-order valence-corrected chi connectivity index (χ2v) is 3.62. The van der Waals surface area contributed by atoms with Gasteiger partial charge in [0.25, 0.3) is 0 Å². The summed E-state index contributed by atoms with van der Waals surface area (Å²) in [4.78, 5) is 8.26. The number of rotatable bonds is 6. The number of nitrogens with one attached hydrogen (secondary N) is 3. The molecule has 5 nitrogen and oxygen atoms in total. The Bertz CT molecular complexity index is 287. The van der Waals surface area contributed by atoms with E-state index in [9.17, 15) is 0 Å². The van der Waals surface area contributed by atoms with Crippen LogP contribution in [0, 0.1) is 0 Å². The molecule has 0 amide bonds. The largest absolute Gasteiger partial charge is 0.369 e. The number of nitrogens with zero attached hydrogens (tertiary/aromatic N) is 2. The number of hydrogen-bond donors (Lipinski definition) is 3. The summed E-state index contributed by atoms with van der Waals surface area (Å²) in [5.74, 6) is 1.70. The molecule has 0 bridgehead atoms. The Hall–Kier alpha value is -1.36. The van der Waals surface area contributed by atoms with Gasteiger partial charge in [-0.1, -0.05) is 0 Å². The molecule has 0 aliphatic rings. The van der Waals surface area contributed by atoms with Crippen molar-refractivity contribution in [2.75, 3.05) is 30.8 Å². The van der Waals surface area contributed by atoms with Crippen LogP contribution in [-0.2, 0) is 0 Å². The molecule has 0 aliphatic heterocycles. The minimum absolute atomic E-state index is 0.380. The molecule has 3 N–H and O–H groups in total. The smallest absolute Gasteiger partial charge is 0.131 e. The molecule has 0 fully saturated rings. The van der Waals surface area contributed by atoms with Crippen LogP contribution in [0.5, 0.6) is 0 Å². The van der Waals surface area contributed by atoms with Crippen molar-refractivity contribution in [1.29, 1.82) is 0 Å². The fourth-order valence-electron chi connectivity index (χ4n) is 1.14. The third kappa shape index (κ3) is 4.60. The maximum Gasteiger partial charge on any atom is 0.131 e. The molecular weight excluding hydrogens is 190 g/mol. The average Bonchev–Trinajstić information content (AvgIpc) is 2.18. The second kappa shape index (κ2) is 6.19. The van der Waals surface area contributed by atoms with Crippen LogP contribution in [0.4, 0.5) is 11.6 Å². The SMILES string of the molecule is CNCCNc1cc(NC(C)C)ncn1. The lowest BCUT2D eigenvalue weighted by Crippen LogP contribution is -2.18. The van der Waals surface area contributed by atoms with Gasteiger partial charge >= 0.3 is 0 Å². The van der Waals surface area contributed by atoms with Gasteiger partial charge < -0.3 is 16.0 Å². The first-order valence-electron chi connectivity index (χ1n) is 5.19. The fraction of sp³-hybridized carbons (Fsp3) is 0.600. The summed E-state index contributed by atoms with van der Waals surface area (Å²) >= 11 is 0. The molecule has 1 aromatic heterocycles. The summed E-state index contributed by atoms with van der Waals surface area (Å²) in [6, 6.07) is 2.29. The Balaban J connectivity index is 2.50. The topological polar surface area (TPSA) is 61.9 Å². The first kappa shape index (κ1) is 11.7. The van der Waals surface area contributed by atoms with Gasteiger partial charge in [0, 0.05) is 25.2 Å². The van der Waals surface area contributed by atoms with Crippen molar-refractivity contribution in [1.82, 2.24) is 15.3 Å². The van der Waals surface area contributed by atoms with Crippen LogP contribution >= 0.6 is 0 Å². The zero-order valence-electron chi connectivity index (χ0n) is 9.54. The maximum absolute atomic E-state index is 4.13. The van der Waals surface area contributed by atoms with E-state index in [-0.39, 0.29) is 0 Å². The Labute approximate surface area is 90.7 Å². The fourth-order valence-corrected chi connectivity index (χ4v) is 1.14.